The third-order valence-corrected chi connectivity index (χ3v) is 3.74. The molecule has 0 aromatic heterocycles. The predicted molar refractivity (Wildman–Crippen MR) is 114 cm³/mol. The van der Waals surface area contributed by atoms with E-state index in [1.54, 1.807) is 0 Å². The Balaban J connectivity index is 1.85. The Kier molecular flexibility index (Phi) is 7.87. The Hall–Kier alpha value is -3.02. The number of carbonyl (C=O) groups excluding carboxylic acids is 2. The van der Waals surface area contributed by atoms with Gasteiger partial charge in [-0.05, 0) is 56.2 Å². The van der Waals surface area contributed by atoms with Gasteiger partial charge in [0.25, 0.3) is 0 Å². The predicted octanol–water partition coefficient (Wildman–Crippen LogP) is 4.51. The molecule has 3 N–H and O–H groups in total. The zero-order valence-corrected chi connectivity index (χ0v) is 16.9. The van der Waals surface area contributed by atoms with Gasteiger partial charge >= 0.3 is 0 Å². The van der Waals surface area contributed by atoms with Gasteiger partial charge in [-0.15, -0.1) is 0 Å². The van der Waals surface area contributed by atoms with Gasteiger partial charge in [0.05, 0.1) is 18.3 Å². The van der Waals surface area contributed by atoms with Crippen molar-refractivity contribution in [1.29, 1.82) is 0 Å². The molecular formula is C22H29N3O3. The first-order valence-corrected chi connectivity index (χ1v) is 9.53. The summed E-state index contributed by atoms with van der Waals surface area (Å²) in [6.45, 7) is 8.01. The number of rotatable bonds is 9. The van der Waals surface area contributed by atoms with E-state index in [9.17, 15) is 9.59 Å². The topological polar surface area (TPSA) is 79.5 Å². The van der Waals surface area contributed by atoms with Crippen molar-refractivity contribution in [3.63, 3.8) is 0 Å². The van der Waals surface area contributed by atoms with Gasteiger partial charge in [0.1, 0.15) is 5.75 Å². The molecule has 0 heterocycles. The smallest absolute Gasteiger partial charge is 0.243 e. The molecule has 0 fully saturated rings. The first kappa shape index (κ1) is 21.3. The fourth-order valence-electron chi connectivity index (χ4n) is 2.56. The average Bonchev–Trinajstić information content (AvgIpc) is 2.61. The number of hydrogen-bond donors (Lipinski definition) is 3. The fourth-order valence-corrected chi connectivity index (χ4v) is 2.56. The molecule has 0 spiro atoms. The van der Waals surface area contributed by atoms with E-state index in [-0.39, 0.29) is 24.5 Å². The highest BCUT2D eigenvalue weighted by atomic mass is 16.5. The van der Waals surface area contributed by atoms with E-state index in [2.05, 4.69) is 16.0 Å². The molecular weight excluding hydrogens is 354 g/mol. The van der Waals surface area contributed by atoms with Crippen LogP contribution in [0.15, 0.2) is 48.5 Å². The van der Waals surface area contributed by atoms with Gasteiger partial charge in [0, 0.05) is 17.8 Å². The summed E-state index contributed by atoms with van der Waals surface area (Å²) in [6, 6.07) is 14.6. The Morgan fingerprint density at radius 3 is 2.14 bits per heavy atom. The van der Waals surface area contributed by atoms with Crippen LogP contribution < -0.4 is 20.7 Å². The molecule has 6 heteroatoms. The number of carbonyl (C=O) groups is 2. The molecule has 0 aliphatic rings. The first-order valence-electron chi connectivity index (χ1n) is 9.53. The van der Waals surface area contributed by atoms with Gasteiger partial charge in [0.15, 0.2) is 0 Å². The normalized spacial score (nSPS) is 10.6. The van der Waals surface area contributed by atoms with Crippen molar-refractivity contribution in [2.45, 2.75) is 40.2 Å². The summed E-state index contributed by atoms with van der Waals surface area (Å²) in [4.78, 5) is 24.1. The summed E-state index contributed by atoms with van der Waals surface area (Å²) in [5.41, 5.74) is 2.18. The molecule has 0 unspecified atom stereocenters. The van der Waals surface area contributed by atoms with Crippen molar-refractivity contribution in [1.82, 2.24) is 0 Å². The average molecular weight is 383 g/mol. The molecule has 0 saturated heterocycles. The molecule has 2 aromatic carbocycles. The van der Waals surface area contributed by atoms with Crippen molar-refractivity contribution in [3.05, 3.63) is 48.5 Å². The zero-order valence-electron chi connectivity index (χ0n) is 16.9. The van der Waals surface area contributed by atoms with Crippen LogP contribution in [0, 0.1) is 5.92 Å². The van der Waals surface area contributed by atoms with Crippen LogP contribution in [0.5, 0.6) is 5.75 Å². The summed E-state index contributed by atoms with van der Waals surface area (Å²) in [6.07, 6.45) is 0.512. The Morgan fingerprint density at radius 2 is 1.50 bits per heavy atom. The molecule has 28 heavy (non-hydrogen) atoms. The summed E-state index contributed by atoms with van der Waals surface area (Å²) < 4.78 is 5.71. The number of ether oxygens (including phenoxy) is 1. The molecule has 2 rings (SSSR count). The molecule has 0 aliphatic carbocycles. The molecule has 0 aliphatic heterocycles. The highest BCUT2D eigenvalue weighted by Gasteiger charge is 2.09. The third kappa shape index (κ3) is 7.31. The van der Waals surface area contributed by atoms with Crippen molar-refractivity contribution in [3.8, 4) is 5.75 Å². The van der Waals surface area contributed by atoms with Gasteiger partial charge in [-0.2, -0.15) is 0 Å². The number of nitrogens with one attached hydrogen (secondary N) is 3. The summed E-state index contributed by atoms with van der Waals surface area (Å²) in [7, 11) is 0. The minimum absolute atomic E-state index is 0.00244. The maximum absolute atomic E-state index is 12.3. The maximum Gasteiger partial charge on any atom is 0.243 e. The van der Waals surface area contributed by atoms with E-state index in [4.69, 9.17) is 4.74 Å². The lowest BCUT2D eigenvalue weighted by atomic mass is 10.1. The van der Waals surface area contributed by atoms with E-state index >= 15 is 0 Å². The molecule has 0 atom stereocenters. The van der Waals surface area contributed by atoms with Crippen LogP contribution in [0.25, 0.3) is 0 Å². The Bertz CT molecular complexity index is 786. The highest BCUT2D eigenvalue weighted by molar-refractivity contribution is 5.95. The van der Waals surface area contributed by atoms with Crippen LogP contribution >= 0.6 is 0 Å². The zero-order chi connectivity index (χ0) is 20.5. The minimum Gasteiger partial charge on any atom is -0.489 e. The van der Waals surface area contributed by atoms with Crippen molar-refractivity contribution in [2.75, 3.05) is 22.5 Å². The van der Waals surface area contributed by atoms with Gasteiger partial charge < -0.3 is 20.7 Å². The minimum atomic E-state index is -0.172. The molecule has 2 amide bonds. The van der Waals surface area contributed by atoms with Gasteiger partial charge in [0.2, 0.25) is 11.8 Å². The molecule has 2 aromatic rings. The summed E-state index contributed by atoms with van der Waals surface area (Å²) >= 11 is 0. The first-order chi connectivity index (χ1) is 13.3. The maximum atomic E-state index is 12.3. The van der Waals surface area contributed by atoms with E-state index in [1.165, 1.54) is 0 Å². The van der Waals surface area contributed by atoms with Crippen molar-refractivity contribution < 1.29 is 14.3 Å². The Labute approximate surface area is 166 Å². The number of anilines is 3. The summed E-state index contributed by atoms with van der Waals surface area (Å²) in [5.74, 6) is 0.786. The largest absolute Gasteiger partial charge is 0.489 e. The van der Waals surface area contributed by atoms with Crippen LogP contribution in [0.1, 0.15) is 34.1 Å². The van der Waals surface area contributed by atoms with Crippen LogP contribution in [-0.4, -0.2) is 24.5 Å². The van der Waals surface area contributed by atoms with Crippen LogP contribution in [0.3, 0.4) is 0 Å². The van der Waals surface area contributed by atoms with Gasteiger partial charge in [-0.3, -0.25) is 9.59 Å². The highest BCUT2D eigenvalue weighted by Crippen LogP contribution is 2.24. The molecule has 0 saturated carbocycles. The van der Waals surface area contributed by atoms with Crippen LogP contribution in [0.4, 0.5) is 17.1 Å². The quantitative estimate of drug-likeness (QED) is 0.595. The van der Waals surface area contributed by atoms with Crippen molar-refractivity contribution >= 4 is 28.9 Å². The van der Waals surface area contributed by atoms with Crippen molar-refractivity contribution in [2.24, 2.45) is 5.92 Å². The standard InChI is InChI=1S/C22H29N3O3/c1-15(2)13-21(26)24-18-11-9-17(10-12-18)23-14-22(27)25-19-7-5-6-8-20(19)28-16(3)4/h5-12,15-16,23H,13-14H2,1-4H3,(H,24,26)(H,25,27). The van der Waals surface area contributed by atoms with E-state index < -0.39 is 0 Å². The number of para-hydroxylation sites is 2. The Morgan fingerprint density at radius 1 is 0.857 bits per heavy atom. The second-order valence-electron chi connectivity index (χ2n) is 7.29. The third-order valence-electron chi connectivity index (χ3n) is 3.74. The van der Waals surface area contributed by atoms with E-state index in [1.807, 2.05) is 76.2 Å². The lowest BCUT2D eigenvalue weighted by Gasteiger charge is -2.15. The molecule has 0 radical (unpaired) electrons. The second-order valence-corrected chi connectivity index (χ2v) is 7.29. The van der Waals surface area contributed by atoms with E-state index in [0.29, 0.717) is 23.8 Å². The molecule has 0 bridgehead atoms. The van der Waals surface area contributed by atoms with Gasteiger partial charge in [-0.1, -0.05) is 26.0 Å². The lowest BCUT2D eigenvalue weighted by molar-refractivity contribution is -0.117. The van der Waals surface area contributed by atoms with Crippen LogP contribution in [-0.2, 0) is 9.59 Å². The molecule has 6 nitrogen and oxygen atoms in total. The number of benzene rings is 2. The number of amides is 2. The van der Waals surface area contributed by atoms with Crippen LogP contribution in [0.2, 0.25) is 0 Å². The lowest BCUT2D eigenvalue weighted by Crippen LogP contribution is -2.22. The monoisotopic (exact) mass is 383 g/mol. The fraction of sp³-hybridized carbons (Fsp3) is 0.364. The number of hydrogen-bond acceptors (Lipinski definition) is 4. The van der Waals surface area contributed by atoms with Gasteiger partial charge in [-0.25, -0.2) is 0 Å². The second kappa shape index (κ2) is 10.3. The summed E-state index contributed by atoms with van der Waals surface area (Å²) in [5, 5.41) is 8.79. The SMILES string of the molecule is CC(C)CC(=O)Nc1ccc(NCC(=O)Nc2ccccc2OC(C)C)cc1. The molecule has 150 valence electrons. The van der Waals surface area contributed by atoms with E-state index in [0.717, 1.165) is 11.4 Å².